The smallest absolute Gasteiger partial charge is 0.419 e. The lowest BCUT2D eigenvalue weighted by Gasteiger charge is -2.25. The molecule has 0 aliphatic rings. The number of hydrogen-bond donors (Lipinski definition) is 4. The number of aryl methyl sites for hydroxylation is 1. The Balaban J connectivity index is 1.57. The van der Waals surface area contributed by atoms with Crippen LogP contribution in [0.15, 0.2) is 78.9 Å². The topological polar surface area (TPSA) is 143 Å². The molecule has 5 N–H and O–H groups in total. The molecule has 14 heteroatoms. The van der Waals surface area contributed by atoms with Crippen molar-refractivity contribution in [3.8, 4) is 0 Å². The Hall–Kier alpha value is -4.98. The van der Waals surface area contributed by atoms with Crippen molar-refractivity contribution in [2.75, 3.05) is 19.6 Å². The molecule has 3 aromatic carbocycles. The minimum absolute atomic E-state index is 0.00692. The van der Waals surface area contributed by atoms with Crippen LogP contribution < -0.4 is 21.7 Å². The Kier molecular flexibility index (Phi) is 15.0. The number of ether oxygens (including phenoxy) is 1. The molecule has 0 saturated heterocycles. The lowest BCUT2D eigenvalue weighted by Crippen LogP contribution is -2.53. The maximum absolute atomic E-state index is 13.7. The van der Waals surface area contributed by atoms with Gasteiger partial charge in [0.25, 0.3) is 0 Å². The molecule has 0 fully saturated rings. The number of rotatable bonds is 17. The van der Waals surface area contributed by atoms with Crippen molar-refractivity contribution in [1.29, 1.82) is 0 Å². The Morgan fingerprint density at radius 3 is 2.14 bits per heavy atom. The van der Waals surface area contributed by atoms with Gasteiger partial charge < -0.3 is 31.3 Å². The summed E-state index contributed by atoms with van der Waals surface area (Å²) in [7, 11) is 0. The summed E-state index contributed by atoms with van der Waals surface area (Å²) in [5, 5.41) is 7.66. The number of hydrogen-bond acceptors (Lipinski definition) is 6. The highest BCUT2D eigenvalue weighted by Crippen LogP contribution is 2.31. The lowest BCUT2D eigenvalue weighted by molar-refractivity contribution is -0.140. The molecule has 0 aliphatic heterocycles. The lowest BCUT2D eigenvalue weighted by atomic mass is 10.0. The zero-order valence-electron chi connectivity index (χ0n) is 27.1. The molecule has 264 valence electrons. The summed E-state index contributed by atoms with van der Waals surface area (Å²) in [5.41, 5.74) is 6.33. The fourth-order valence-electron chi connectivity index (χ4n) is 4.82. The van der Waals surface area contributed by atoms with E-state index in [1.807, 2.05) is 67.6 Å². The highest BCUT2D eigenvalue weighted by atomic mass is 19.4. The van der Waals surface area contributed by atoms with E-state index in [4.69, 9.17) is 10.5 Å². The number of carbonyl (C=O) groups excluding carboxylic acids is 4. The second-order valence-electron chi connectivity index (χ2n) is 11.3. The van der Waals surface area contributed by atoms with E-state index < -0.39 is 53.5 Å². The molecule has 0 radical (unpaired) electrons. The standard InChI is InChI=1S/C35H41F4N5O5/c1-2-18-44(19-17-41-34(48)49-23-25-11-7-4-8-12-25)31(45)21-29(40)32(46)43-30(16-14-24-9-5-3-6-10-24)33(47)42-22-26-13-15-28(36)27(20-26)35(37,38)39/h3-13,15,20,29-30H,2,14,16-19,21-23,40H2,1H3,(H,41,48)(H,42,47)(H,43,46)/t29-,30-/m0/s1. The first-order chi connectivity index (χ1) is 23.4. The van der Waals surface area contributed by atoms with Crippen molar-refractivity contribution in [3.63, 3.8) is 0 Å². The normalized spacial score (nSPS) is 12.4. The zero-order chi connectivity index (χ0) is 35.8. The summed E-state index contributed by atoms with van der Waals surface area (Å²) in [5.74, 6) is -3.35. The van der Waals surface area contributed by atoms with Gasteiger partial charge in [0.05, 0.1) is 18.0 Å². The average molecular weight is 688 g/mol. The van der Waals surface area contributed by atoms with Gasteiger partial charge >= 0.3 is 12.3 Å². The number of nitrogens with two attached hydrogens (primary N) is 1. The molecular formula is C35H41F4N5O5. The molecular weight excluding hydrogens is 646 g/mol. The zero-order valence-corrected chi connectivity index (χ0v) is 27.1. The summed E-state index contributed by atoms with van der Waals surface area (Å²) >= 11 is 0. The monoisotopic (exact) mass is 687 g/mol. The van der Waals surface area contributed by atoms with Crippen LogP contribution in [-0.4, -0.2) is 60.4 Å². The molecule has 0 aromatic heterocycles. The van der Waals surface area contributed by atoms with Gasteiger partial charge in [-0.2, -0.15) is 13.2 Å². The van der Waals surface area contributed by atoms with E-state index in [2.05, 4.69) is 16.0 Å². The summed E-state index contributed by atoms with van der Waals surface area (Å²) < 4.78 is 58.4. The third kappa shape index (κ3) is 13.2. The minimum Gasteiger partial charge on any atom is -0.445 e. The van der Waals surface area contributed by atoms with Gasteiger partial charge in [-0.05, 0) is 48.1 Å². The van der Waals surface area contributed by atoms with Gasteiger partial charge in [0.2, 0.25) is 17.7 Å². The molecule has 4 amide bonds. The van der Waals surface area contributed by atoms with E-state index in [0.29, 0.717) is 31.5 Å². The van der Waals surface area contributed by atoms with Crippen molar-refractivity contribution in [3.05, 3.63) is 107 Å². The number of alkyl carbamates (subject to hydrolysis) is 1. The molecule has 3 rings (SSSR count). The van der Waals surface area contributed by atoms with Gasteiger partial charge in [-0.3, -0.25) is 14.4 Å². The Bertz CT molecular complexity index is 1530. The number of benzene rings is 3. The highest BCUT2D eigenvalue weighted by molar-refractivity contribution is 5.92. The van der Waals surface area contributed by atoms with Gasteiger partial charge in [0.1, 0.15) is 18.5 Å². The van der Waals surface area contributed by atoms with E-state index in [0.717, 1.165) is 17.2 Å². The third-order valence-electron chi connectivity index (χ3n) is 7.44. The summed E-state index contributed by atoms with van der Waals surface area (Å²) in [6, 6.07) is 18.2. The molecule has 0 heterocycles. The Labute approximate surface area is 282 Å². The first-order valence-electron chi connectivity index (χ1n) is 15.8. The predicted octanol–water partition coefficient (Wildman–Crippen LogP) is 4.46. The van der Waals surface area contributed by atoms with E-state index in [-0.39, 0.29) is 44.6 Å². The highest BCUT2D eigenvalue weighted by Gasteiger charge is 2.34. The van der Waals surface area contributed by atoms with Crippen LogP contribution in [0.5, 0.6) is 0 Å². The fourth-order valence-corrected chi connectivity index (χ4v) is 4.82. The molecule has 0 aliphatic carbocycles. The molecule has 0 unspecified atom stereocenters. The van der Waals surface area contributed by atoms with Crippen LogP contribution in [0.2, 0.25) is 0 Å². The van der Waals surface area contributed by atoms with E-state index in [1.54, 1.807) is 0 Å². The number of nitrogens with zero attached hydrogens (tertiary/aromatic N) is 1. The number of amides is 4. The molecule has 0 saturated carbocycles. The van der Waals surface area contributed by atoms with Gasteiger partial charge in [-0.1, -0.05) is 73.7 Å². The summed E-state index contributed by atoms with van der Waals surface area (Å²) in [6.45, 7) is 2.17. The first-order valence-corrected chi connectivity index (χ1v) is 15.8. The van der Waals surface area contributed by atoms with Gasteiger partial charge in [-0.25, -0.2) is 9.18 Å². The Morgan fingerprint density at radius 2 is 1.51 bits per heavy atom. The summed E-state index contributed by atoms with van der Waals surface area (Å²) in [4.78, 5) is 52.9. The Morgan fingerprint density at radius 1 is 0.857 bits per heavy atom. The maximum Gasteiger partial charge on any atom is 0.419 e. The molecule has 49 heavy (non-hydrogen) atoms. The third-order valence-corrected chi connectivity index (χ3v) is 7.44. The SMILES string of the molecule is CCCN(CCNC(=O)OCc1ccccc1)C(=O)C[C@H](N)C(=O)N[C@@H](CCc1ccccc1)C(=O)NCc1ccc(F)c(C(F)(F)F)c1. The molecule has 0 bridgehead atoms. The van der Waals surface area contributed by atoms with Crippen LogP contribution in [0, 0.1) is 5.82 Å². The second-order valence-corrected chi connectivity index (χ2v) is 11.3. The van der Waals surface area contributed by atoms with E-state index in [9.17, 15) is 36.7 Å². The largest absolute Gasteiger partial charge is 0.445 e. The predicted molar refractivity (Wildman–Crippen MR) is 174 cm³/mol. The van der Waals surface area contributed by atoms with E-state index in [1.165, 1.54) is 4.90 Å². The van der Waals surface area contributed by atoms with E-state index >= 15 is 0 Å². The van der Waals surface area contributed by atoms with Gasteiger partial charge in [0.15, 0.2) is 0 Å². The van der Waals surface area contributed by atoms with Crippen molar-refractivity contribution >= 4 is 23.8 Å². The van der Waals surface area contributed by atoms with Crippen LogP contribution in [-0.2, 0) is 44.9 Å². The maximum atomic E-state index is 13.7. The summed E-state index contributed by atoms with van der Waals surface area (Å²) in [6.07, 6.45) is -4.86. The molecule has 2 atom stereocenters. The number of halogens is 4. The average Bonchev–Trinajstić information content (AvgIpc) is 3.08. The fraction of sp³-hybridized carbons (Fsp3) is 0.371. The van der Waals surface area contributed by atoms with Crippen LogP contribution in [0.4, 0.5) is 22.4 Å². The van der Waals surface area contributed by atoms with Crippen molar-refractivity contribution < 1.29 is 41.5 Å². The molecule has 3 aromatic rings. The molecule has 10 nitrogen and oxygen atoms in total. The quantitative estimate of drug-likeness (QED) is 0.155. The van der Waals surface area contributed by atoms with Crippen molar-refractivity contribution in [2.24, 2.45) is 5.73 Å². The van der Waals surface area contributed by atoms with Gasteiger partial charge in [-0.15, -0.1) is 0 Å². The van der Waals surface area contributed by atoms with Crippen molar-refractivity contribution in [2.45, 2.75) is 64.0 Å². The number of nitrogens with one attached hydrogen (secondary N) is 3. The number of carbonyl (C=O) groups is 4. The van der Waals surface area contributed by atoms with Crippen LogP contribution in [0.3, 0.4) is 0 Å². The molecule has 0 spiro atoms. The van der Waals surface area contributed by atoms with Crippen LogP contribution >= 0.6 is 0 Å². The minimum atomic E-state index is -4.92. The number of alkyl halides is 3. The van der Waals surface area contributed by atoms with Crippen LogP contribution in [0.1, 0.15) is 48.4 Å². The van der Waals surface area contributed by atoms with Gasteiger partial charge in [0, 0.05) is 26.2 Å². The second kappa shape index (κ2) is 19.1. The first kappa shape index (κ1) is 38.5. The van der Waals surface area contributed by atoms with Crippen molar-refractivity contribution in [1.82, 2.24) is 20.9 Å². The van der Waals surface area contributed by atoms with Crippen LogP contribution in [0.25, 0.3) is 0 Å².